The van der Waals surface area contributed by atoms with Crippen molar-refractivity contribution in [1.29, 1.82) is 0 Å². The molecule has 5 heteroatoms. The molecule has 2 aromatic carbocycles. The van der Waals surface area contributed by atoms with Crippen LogP contribution in [0.3, 0.4) is 0 Å². The molecule has 0 bridgehead atoms. The van der Waals surface area contributed by atoms with E-state index in [0.717, 1.165) is 22.6 Å². The highest BCUT2D eigenvalue weighted by molar-refractivity contribution is 5.93. The van der Waals surface area contributed by atoms with Gasteiger partial charge >= 0.3 is 5.97 Å². The number of rotatable bonds is 6. The smallest absolute Gasteiger partial charge is 0.340 e. The van der Waals surface area contributed by atoms with E-state index in [1.165, 1.54) is 0 Å². The molecule has 27 heavy (non-hydrogen) atoms. The number of cyclic esters (lactones) is 1. The Hall–Kier alpha value is -3.05. The molecular weight excluding hydrogens is 340 g/mol. The predicted octanol–water partition coefficient (Wildman–Crippen LogP) is 4.22. The number of esters is 1. The lowest BCUT2D eigenvalue weighted by atomic mass is 10.1. The first kappa shape index (κ1) is 17.4. The van der Waals surface area contributed by atoms with Crippen LogP contribution in [-0.2, 0) is 17.8 Å². The number of hydrogen-bond donors (Lipinski definition) is 0. The van der Waals surface area contributed by atoms with Gasteiger partial charge in [0.2, 0.25) is 0 Å². The molecule has 4 rings (SSSR count). The van der Waals surface area contributed by atoms with Gasteiger partial charge in [-0.25, -0.2) is 4.79 Å². The summed E-state index contributed by atoms with van der Waals surface area (Å²) >= 11 is 0. The standard InChI is InChI=1S/C22H22N2O3/c1-23(2)17-11-9-16(10-12-17)14-24(15-18-6-5-13-26-18)21-19-7-3-4-8-20(19)22(25)27-21/h3-13,21H,14-15H2,1-2H3. The average Bonchev–Trinajstić information content (AvgIpc) is 3.30. The molecule has 1 aromatic heterocycles. The number of hydrogen-bond acceptors (Lipinski definition) is 5. The van der Waals surface area contributed by atoms with Gasteiger partial charge in [0.15, 0.2) is 6.23 Å². The predicted molar refractivity (Wildman–Crippen MR) is 103 cm³/mol. The van der Waals surface area contributed by atoms with E-state index < -0.39 is 6.23 Å². The Morgan fingerprint density at radius 2 is 1.70 bits per heavy atom. The van der Waals surface area contributed by atoms with Gasteiger partial charge < -0.3 is 14.1 Å². The zero-order valence-electron chi connectivity index (χ0n) is 15.5. The van der Waals surface area contributed by atoms with Crippen LogP contribution in [0.25, 0.3) is 0 Å². The summed E-state index contributed by atoms with van der Waals surface area (Å²) in [5, 5.41) is 0. The largest absolute Gasteiger partial charge is 0.468 e. The van der Waals surface area contributed by atoms with E-state index in [-0.39, 0.29) is 5.97 Å². The highest BCUT2D eigenvalue weighted by Crippen LogP contribution is 2.35. The Kier molecular flexibility index (Phi) is 4.69. The van der Waals surface area contributed by atoms with Crippen molar-refractivity contribution in [2.75, 3.05) is 19.0 Å². The van der Waals surface area contributed by atoms with Crippen LogP contribution >= 0.6 is 0 Å². The Labute approximate surface area is 158 Å². The van der Waals surface area contributed by atoms with Crippen molar-refractivity contribution in [3.05, 3.63) is 89.4 Å². The Balaban J connectivity index is 1.62. The van der Waals surface area contributed by atoms with Gasteiger partial charge in [0.25, 0.3) is 0 Å². The highest BCUT2D eigenvalue weighted by Gasteiger charge is 2.35. The number of benzene rings is 2. The summed E-state index contributed by atoms with van der Waals surface area (Å²) in [5.74, 6) is 0.559. The molecule has 3 aromatic rings. The molecule has 138 valence electrons. The van der Waals surface area contributed by atoms with Gasteiger partial charge in [-0.15, -0.1) is 0 Å². The molecule has 0 fully saturated rings. The molecule has 2 heterocycles. The van der Waals surface area contributed by atoms with Crippen molar-refractivity contribution in [3.63, 3.8) is 0 Å². The van der Waals surface area contributed by atoms with Crippen molar-refractivity contribution in [2.45, 2.75) is 19.3 Å². The lowest BCUT2D eigenvalue weighted by Crippen LogP contribution is -2.28. The lowest BCUT2D eigenvalue weighted by molar-refractivity contribution is -0.0335. The molecule has 0 amide bonds. The number of ether oxygens (including phenoxy) is 1. The molecule has 0 saturated heterocycles. The molecule has 1 aliphatic heterocycles. The minimum absolute atomic E-state index is 0.275. The minimum atomic E-state index is -0.424. The van der Waals surface area contributed by atoms with Gasteiger partial charge in [0.05, 0.1) is 18.4 Å². The molecular formula is C22H22N2O3. The summed E-state index contributed by atoms with van der Waals surface area (Å²) in [6.07, 6.45) is 1.24. The number of furan rings is 1. The van der Waals surface area contributed by atoms with Gasteiger partial charge in [0.1, 0.15) is 5.76 Å². The maximum atomic E-state index is 12.3. The van der Waals surface area contributed by atoms with Crippen molar-refractivity contribution in [3.8, 4) is 0 Å². The molecule has 0 saturated carbocycles. The molecule has 1 atom stereocenters. The second kappa shape index (κ2) is 7.29. The first-order valence-electron chi connectivity index (χ1n) is 8.94. The summed E-state index contributed by atoms with van der Waals surface area (Å²) < 4.78 is 11.3. The van der Waals surface area contributed by atoms with Crippen LogP contribution in [0.2, 0.25) is 0 Å². The van der Waals surface area contributed by atoms with Crippen LogP contribution in [0.5, 0.6) is 0 Å². The van der Waals surface area contributed by atoms with Crippen LogP contribution in [0.4, 0.5) is 5.69 Å². The van der Waals surface area contributed by atoms with E-state index in [1.807, 2.05) is 50.5 Å². The van der Waals surface area contributed by atoms with Gasteiger partial charge in [-0.05, 0) is 35.9 Å². The van der Waals surface area contributed by atoms with E-state index in [4.69, 9.17) is 9.15 Å². The summed E-state index contributed by atoms with van der Waals surface area (Å²) in [4.78, 5) is 16.5. The third kappa shape index (κ3) is 3.59. The maximum Gasteiger partial charge on any atom is 0.340 e. The number of carbonyl (C=O) groups excluding carboxylic acids is 1. The highest BCUT2D eigenvalue weighted by atomic mass is 16.6. The van der Waals surface area contributed by atoms with Crippen LogP contribution < -0.4 is 4.90 Å². The van der Waals surface area contributed by atoms with E-state index in [9.17, 15) is 4.79 Å². The van der Waals surface area contributed by atoms with Gasteiger partial charge in [-0.1, -0.05) is 30.3 Å². The number of nitrogens with zero attached hydrogens (tertiary/aromatic N) is 2. The molecule has 1 aliphatic rings. The van der Waals surface area contributed by atoms with E-state index in [0.29, 0.717) is 18.7 Å². The summed E-state index contributed by atoms with van der Waals surface area (Å²) in [6, 6.07) is 19.8. The van der Waals surface area contributed by atoms with Crippen molar-refractivity contribution in [2.24, 2.45) is 0 Å². The zero-order valence-corrected chi connectivity index (χ0v) is 15.5. The van der Waals surface area contributed by atoms with Crippen molar-refractivity contribution < 1.29 is 13.9 Å². The SMILES string of the molecule is CN(C)c1ccc(CN(Cc2ccco2)C2OC(=O)c3ccccc32)cc1. The third-order valence-corrected chi connectivity index (χ3v) is 4.77. The molecule has 1 unspecified atom stereocenters. The normalized spacial score (nSPS) is 15.7. The Morgan fingerprint density at radius 1 is 0.926 bits per heavy atom. The third-order valence-electron chi connectivity index (χ3n) is 4.77. The Bertz CT molecular complexity index is 917. The summed E-state index contributed by atoms with van der Waals surface area (Å²) in [6.45, 7) is 1.19. The monoisotopic (exact) mass is 362 g/mol. The van der Waals surface area contributed by atoms with Crippen LogP contribution in [-0.4, -0.2) is 25.0 Å². The van der Waals surface area contributed by atoms with Gasteiger partial charge in [0, 0.05) is 31.9 Å². The second-order valence-electron chi connectivity index (χ2n) is 6.89. The fraction of sp³-hybridized carbons (Fsp3) is 0.227. The minimum Gasteiger partial charge on any atom is -0.468 e. The molecule has 0 radical (unpaired) electrons. The first-order valence-corrected chi connectivity index (χ1v) is 8.94. The van der Waals surface area contributed by atoms with Crippen molar-refractivity contribution in [1.82, 2.24) is 4.90 Å². The molecule has 0 aliphatic carbocycles. The molecule has 0 N–H and O–H groups in total. The van der Waals surface area contributed by atoms with Crippen LogP contribution in [0.1, 0.15) is 33.5 Å². The van der Waals surface area contributed by atoms with Gasteiger partial charge in [-0.2, -0.15) is 0 Å². The van der Waals surface area contributed by atoms with Crippen molar-refractivity contribution >= 4 is 11.7 Å². The number of fused-ring (bicyclic) bond motifs is 1. The number of anilines is 1. The van der Waals surface area contributed by atoms with E-state index in [1.54, 1.807) is 6.26 Å². The molecule has 5 nitrogen and oxygen atoms in total. The van der Waals surface area contributed by atoms with E-state index in [2.05, 4.69) is 34.1 Å². The summed E-state index contributed by atoms with van der Waals surface area (Å²) in [5.41, 5.74) is 3.83. The fourth-order valence-electron chi connectivity index (χ4n) is 3.36. The van der Waals surface area contributed by atoms with Gasteiger partial charge in [-0.3, -0.25) is 4.90 Å². The van der Waals surface area contributed by atoms with Crippen LogP contribution in [0.15, 0.2) is 71.3 Å². The zero-order chi connectivity index (χ0) is 18.8. The number of carbonyl (C=O) groups is 1. The Morgan fingerprint density at radius 3 is 2.41 bits per heavy atom. The quantitative estimate of drug-likeness (QED) is 0.615. The lowest BCUT2D eigenvalue weighted by Gasteiger charge is -2.27. The topological polar surface area (TPSA) is 45.9 Å². The second-order valence-corrected chi connectivity index (χ2v) is 6.89. The fourth-order valence-corrected chi connectivity index (χ4v) is 3.36. The maximum absolute atomic E-state index is 12.3. The van der Waals surface area contributed by atoms with E-state index >= 15 is 0 Å². The molecule has 0 spiro atoms. The first-order chi connectivity index (χ1) is 13.1. The van der Waals surface area contributed by atoms with Crippen LogP contribution in [0, 0.1) is 0 Å². The average molecular weight is 362 g/mol. The summed E-state index contributed by atoms with van der Waals surface area (Å²) in [7, 11) is 4.04.